The highest BCUT2D eigenvalue weighted by Crippen LogP contribution is 2.47. The number of carboxylic acid groups (broad SMARTS) is 1. The van der Waals surface area contributed by atoms with Gasteiger partial charge in [-0.3, -0.25) is 9.69 Å². The summed E-state index contributed by atoms with van der Waals surface area (Å²) in [7, 11) is -0.521. The zero-order chi connectivity index (χ0) is 33.8. The van der Waals surface area contributed by atoms with E-state index in [0.717, 1.165) is 32.0 Å². The molecule has 5 rings (SSSR count). The van der Waals surface area contributed by atoms with E-state index in [-0.39, 0.29) is 83.0 Å². The predicted molar refractivity (Wildman–Crippen MR) is 162 cm³/mol. The lowest BCUT2D eigenvalue weighted by Gasteiger charge is -2.25. The van der Waals surface area contributed by atoms with Crippen LogP contribution in [0.25, 0.3) is 0 Å². The van der Waals surface area contributed by atoms with Crippen molar-refractivity contribution in [3.8, 4) is 34.5 Å². The van der Waals surface area contributed by atoms with E-state index < -0.39 is 35.8 Å². The summed E-state index contributed by atoms with van der Waals surface area (Å²) in [5, 5.41) is 17.3. The van der Waals surface area contributed by atoms with Crippen LogP contribution >= 0.6 is 10.7 Å². The Morgan fingerprint density at radius 1 is 0.935 bits per heavy atom. The third kappa shape index (κ3) is 7.46. The summed E-state index contributed by atoms with van der Waals surface area (Å²) in [4.78, 5) is 25.5. The van der Waals surface area contributed by atoms with Gasteiger partial charge in [0.25, 0.3) is 15.0 Å². The lowest BCUT2D eigenvalue weighted by atomic mass is 10.1. The molecule has 0 aliphatic carbocycles. The van der Waals surface area contributed by atoms with Gasteiger partial charge >= 0.3 is 5.97 Å². The van der Waals surface area contributed by atoms with Crippen molar-refractivity contribution in [3.63, 3.8) is 0 Å². The maximum absolute atomic E-state index is 12.8. The van der Waals surface area contributed by atoms with E-state index in [9.17, 15) is 26.4 Å². The SMILES string of the molecule is CCN1CCCC1CNC(=O)c1cc(S(N)(=O)=O)c(OC)c2c1OCCO2.COc1c(S(=O)(=O)Cl)cc(C(=O)O)c2c1OCCO2. The lowest BCUT2D eigenvalue weighted by molar-refractivity contribution is 0.0684. The number of primary sulfonamides is 1. The number of hydrogen-bond donors (Lipinski definition) is 3. The van der Waals surface area contributed by atoms with Gasteiger partial charge in [0.1, 0.15) is 41.8 Å². The summed E-state index contributed by atoms with van der Waals surface area (Å²) >= 11 is 0. The molecule has 254 valence electrons. The summed E-state index contributed by atoms with van der Waals surface area (Å²) < 4.78 is 78.6. The van der Waals surface area contributed by atoms with Crippen LogP contribution in [0.3, 0.4) is 0 Å². The van der Waals surface area contributed by atoms with E-state index in [0.29, 0.717) is 6.54 Å². The van der Waals surface area contributed by atoms with Gasteiger partial charge in [0.05, 0.1) is 19.8 Å². The number of nitrogens with zero attached hydrogens (tertiary/aromatic N) is 1. The molecular weight excluding hydrogens is 674 g/mol. The molecule has 1 saturated heterocycles. The normalized spacial score (nSPS) is 17.4. The van der Waals surface area contributed by atoms with Gasteiger partial charge in [-0.25, -0.2) is 26.8 Å². The van der Waals surface area contributed by atoms with Crippen molar-refractivity contribution in [1.82, 2.24) is 10.2 Å². The average Bonchev–Trinajstić information content (AvgIpc) is 3.49. The number of nitrogens with one attached hydrogen (secondary N) is 1. The summed E-state index contributed by atoms with van der Waals surface area (Å²) in [5.41, 5.74) is -0.287. The first-order chi connectivity index (χ1) is 21.7. The van der Waals surface area contributed by atoms with Crippen LogP contribution in [0.1, 0.15) is 40.5 Å². The first-order valence-electron chi connectivity index (χ1n) is 14.0. The second kappa shape index (κ2) is 14.4. The highest BCUT2D eigenvalue weighted by molar-refractivity contribution is 8.13. The Hall–Kier alpha value is -3.71. The Morgan fingerprint density at radius 2 is 1.43 bits per heavy atom. The summed E-state index contributed by atoms with van der Waals surface area (Å²) in [6.07, 6.45) is 2.11. The number of rotatable bonds is 9. The summed E-state index contributed by atoms with van der Waals surface area (Å²) in [6, 6.07) is 2.34. The van der Waals surface area contributed by atoms with Gasteiger partial charge in [0, 0.05) is 23.3 Å². The first-order valence-corrected chi connectivity index (χ1v) is 17.8. The Bertz CT molecular complexity index is 1720. The molecule has 1 amide bonds. The van der Waals surface area contributed by atoms with Crippen LogP contribution in [0.2, 0.25) is 0 Å². The minimum absolute atomic E-state index is 0.0586. The van der Waals surface area contributed by atoms with Crippen LogP contribution in [0.4, 0.5) is 0 Å². The van der Waals surface area contributed by atoms with Crippen molar-refractivity contribution >= 4 is 41.6 Å². The maximum Gasteiger partial charge on any atom is 0.339 e. The number of nitrogens with two attached hydrogens (primary N) is 1. The van der Waals surface area contributed by atoms with Crippen LogP contribution < -0.4 is 38.9 Å². The maximum atomic E-state index is 12.8. The molecule has 0 spiro atoms. The topological polar surface area (TPSA) is 219 Å². The molecule has 1 atom stereocenters. The van der Waals surface area contributed by atoms with Crippen LogP contribution in [0, 0.1) is 0 Å². The van der Waals surface area contributed by atoms with Crippen molar-refractivity contribution in [1.29, 1.82) is 0 Å². The summed E-state index contributed by atoms with van der Waals surface area (Å²) in [6.45, 7) is 5.26. The lowest BCUT2D eigenvalue weighted by Crippen LogP contribution is -2.40. The van der Waals surface area contributed by atoms with E-state index in [1.54, 1.807) is 0 Å². The predicted octanol–water partition coefficient (Wildman–Crippen LogP) is 1.42. The van der Waals surface area contributed by atoms with E-state index in [1.165, 1.54) is 20.3 Å². The third-order valence-corrected chi connectivity index (χ3v) is 9.56. The molecule has 3 heterocycles. The van der Waals surface area contributed by atoms with Crippen molar-refractivity contribution < 1.29 is 60.0 Å². The first kappa shape index (κ1) is 35.1. The standard InChI is InChI=1S/C17H25N3O6S.C10H9ClO7S/c1-3-20-6-4-5-11(20)10-19-17(21)12-9-13(27(18,22)23)15(24-2)16-14(12)25-7-8-26-16;1-16-8-6(19(11,14)15)4-5(10(12)13)7-9(8)18-3-2-17-7/h9,11H,3-8,10H2,1-2H3,(H,19,21)(H2,18,22,23);4H,2-3H2,1H3,(H,12,13). The largest absolute Gasteiger partial charge is 0.491 e. The third-order valence-electron chi connectivity index (χ3n) is 7.32. The molecule has 2 aromatic carbocycles. The number of likely N-dealkylation sites (N-methyl/N-ethyl adjacent to an activating group) is 1. The van der Waals surface area contributed by atoms with E-state index in [1.807, 2.05) is 0 Å². The van der Waals surface area contributed by atoms with Gasteiger partial charge in [0.15, 0.2) is 23.0 Å². The monoisotopic (exact) mass is 707 g/mol. The minimum Gasteiger partial charge on any atom is -0.491 e. The fraction of sp³-hybridized carbons (Fsp3) is 0.481. The zero-order valence-electron chi connectivity index (χ0n) is 25.2. The number of benzene rings is 2. The molecule has 4 N–H and O–H groups in total. The molecule has 0 aromatic heterocycles. The molecule has 0 radical (unpaired) electrons. The molecule has 2 aromatic rings. The Balaban J connectivity index is 0.000000222. The summed E-state index contributed by atoms with van der Waals surface area (Å²) in [5.74, 6) is -1.92. The van der Waals surface area contributed by atoms with Crippen molar-refractivity contribution in [2.45, 2.75) is 35.6 Å². The number of ether oxygens (including phenoxy) is 6. The number of carbonyl (C=O) groups excluding carboxylic acids is 1. The van der Waals surface area contributed by atoms with Gasteiger partial charge in [-0.1, -0.05) is 6.92 Å². The van der Waals surface area contributed by atoms with Crippen molar-refractivity contribution in [3.05, 3.63) is 23.3 Å². The molecular formula is C27H34ClN3O13S2. The van der Waals surface area contributed by atoms with E-state index >= 15 is 0 Å². The Kier molecular flexibility index (Phi) is 11.0. The van der Waals surface area contributed by atoms with Gasteiger partial charge in [0.2, 0.25) is 21.5 Å². The highest BCUT2D eigenvalue weighted by Gasteiger charge is 2.33. The van der Waals surface area contributed by atoms with Gasteiger partial charge in [-0.15, -0.1) is 0 Å². The number of likely N-dealkylation sites (tertiary alicyclic amines) is 1. The van der Waals surface area contributed by atoms with Gasteiger partial charge in [-0.05, 0) is 38.1 Å². The molecule has 16 nitrogen and oxygen atoms in total. The van der Waals surface area contributed by atoms with Gasteiger partial charge in [-0.2, -0.15) is 0 Å². The van der Waals surface area contributed by atoms with Gasteiger partial charge < -0.3 is 38.8 Å². The van der Waals surface area contributed by atoms with Crippen LogP contribution in [-0.2, 0) is 19.1 Å². The minimum atomic E-state index is -4.19. The molecule has 0 bridgehead atoms. The Morgan fingerprint density at radius 3 is 1.91 bits per heavy atom. The number of aromatic carboxylic acids is 1. The number of hydrogen-bond acceptors (Lipinski definition) is 13. The molecule has 1 fully saturated rings. The molecule has 1 unspecified atom stereocenters. The number of halogens is 1. The number of carboxylic acids is 1. The van der Waals surface area contributed by atoms with Crippen LogP contribution in [-0.4, -0.2) is 105 Å². The number of carbonyl (C=O) groups is 2. The second-order valence-corrected chi connectivity index (χ2v) is 14.1. The number of sulfonamides is 1. The fourth-order valence-electron chi connectivity index (χ4n) is 5.28. The highest BCUT2D eigenvalue weighted by atomic mass is 35.7. The zero-order valence-corrected chi connectivity index (χ0v) is 27.6. The molecule has 19 heteroatoms. The molecule has 3 aliphatic rings. The number of fused-ring (bicyclic) bond motifs is 2. The van der Waals surface area contributed by atoms with Crippen molar-refractivity contribution in [2.24, 2.45) is 5.14 Å². The molecule has 3 aliphatic heterocycles. The quantitative estimate of drug-likeness (QED) is 0.314. The Labute approximate surface area is 270 Å². The van der Waals surface area contributed by atoms with E-state index in [2.05, 4.69) is 17.1 Å². The van der Waals surface area contributed by atoms with Crippen molar-refractivity contribution in [2.75, 3.05) is 60.3 Å². The number of amides is 1. The molecule has 46 heavy (non-hydrogen) atoms. The van der Waals surface area contributed by atoms with E-state index in [4.69, 9.17) is 49.3 Å². The molecule has 0 saturated carbocycles. The van der Waals surface area contributed by atoms with Crippen LogP contribution in [0.15, 0.2) is 21.9 Å². The number of methoxy groups -OCH3 is 2. The second-order valence-electron chi connectivity index (χ2n) is 10.0. The van der Waals surface area contributed by atoms with Crippen LogP contribution in [0.5, 0.6) is 34.5 Å². The average molecular weight is 708 g/mol. The smallest absolute Gasteiger partial charge is 0.339 e. The fourth-order valence-corrected chi connectivity index (χ4v) is 6.99.